The summed E-state index contributed by atoms with van der Waals surface area (Å²) in [7, 11) is 0. The molecular weight excluding hydrogens is 419 g/mol. The van der Waals surface area contributed by atoms with Crippen LogP contribution in [0.5, 0.6) is 0 Å². The number of hydrogen-bond donors (Lipinski definition) is 1. The van der Waals surface area contributed by atoms with E-state index in [1.165, 1.54) is 12.1 Å². The molecule has 1 N–H and O–H groups in total. The largest absolute Gasteiger partial charge is 0.468 e. The predicted molar refractivity (Wildman–Crippen MR) is 116 cm³/mol. The van der Waals surface area contributed by atoms with E-state index < -0.39 is 0 Å². The summed E-state index contributed by atoms with van der Waals surface area (Å²) in [6, 6.07) is 9.82. The van der Waals surface area contributed by atoms with Gasteiger partial charge in [-0.05, 0) is 55.8 Å². The minimum Gasteiger partial charge on any atom is -0.468 e. The van der Waals surface area contributed by atoms with E-state index in [0.29, 0.717) is 36.9 Å². The molecule has 0 spiro atoms. The molecule has 2 aromatic heterocycles. The third-order valence-corrected chi connectivity index (χ3v) is 6.16. The summed E-state index contributed by atoms with van der Waals surface area (Å²) in [5, 5.41) is 7.04. The smallest absolute Gasteiger partial charge is 0.241 e. The van der Waals surface area contributed by atoms with Crippen molar-refractivity contribution < 1.29 is 18.1 Å². The highest BCUT2D eigenvalue weighted by molar-refractivity contribution is 7.98. The molecule has 31 heavy (non-hydrogen) atoms. The lowest BCUT2D eigenvalue weighted by Crippen LogP contribution is -2.43. The Balaban J connectivity index is 1.21. The van der Waals surface area contributed by atoms with Crippen LogP contribution in [-0.4, -0.2) is 46.3 Å². The molecule has 7 nitrogen and oxygen atoms in total. The average molecular weight is 445 g/mol. The van der Waals surface area contributed by atoms with Crippen molar-refractivity contribution in [1.29, 1.82) is 0 Å². The first-order valence-electron chi connectivity index (χ1n) is 10.4. The molecule has 0 aliphatic carbocycles. The molecule has 164 valence electrons. The summed E-state index contributed by atoms with van der Waals surface area (Å²) < 4.78 is 23.7. The Labute approximate surface area is 184 Å². The van der Waals surface area contributed by atoms with Gasteiger partial charge in [-0.2, -0.15) is 16.7 Å². The molecule has 0 radical (unpaired) electrons. The van der Waals surface area contributed by atoms with Crippen molar-refractivity contribution in [2.45, 2.75) is 25.1 Å². The lowest BCUT2D eigenvalue weighted by atomic mass is 9.97. The van der Waals surface area contributed by atoms with Crippen LogP contribution in [0.4, 0.5) is 4.39 Å². The summed E-state index contributed by atoms with van der Waals surface area (Å²) >= 11 is 1.74. The number of rotatable bonds is 9. The molecule has 1 amide bonds. The van der Waals surface area contributed by atoms with Crippen LogP contribution in [0, 0.1) is 11.7 Å². The molecule has 1 saturated heterocycles. The standard InChI is InChI=1S/C22H25FN4O3S/c23-18-7-5-16(6-8-18)21-25-20(30-26-21)14-27-10-1-3-17(13-27)22(28)24-9-12-31-15-19-4-2-11-29-19/h2,4-8,11,17H,1,3,9-10,12-15H2,(H,24,28). The first kappa shape index (κ1) is 21.6. The summed E-state index contributed by atoms with van der Waals surface area (Å²) in [6.07, 6.45) is 3.50. The number of halogens is 1. The Morgan fingerprint density at radius 2 is 2.16 bits per heavy atom. The van der Waals surface area contributed by atoms with Crippen LogP contribution in [0.3, 0.4) is 0 Å². The molecule has 1 unspecified atom stereocenters. The zero-order chi connectivity index (χ0) is 21.5. The van der Waals surface area contributed by atoms with Gasteiger partial charge in [0.05, 0.1) is 24.5 Å². The number of carbonyl (C=O) groups excluding carboxylic acids is 1. The van der Waals surface area contributed by atoms with Gasteiger partial charge in [-0.3, -0.25) is 9.69 Å². The average Bonchev–Trinajstić information content (AvgIpc) is 3.46. The fourth-order valence-corrected chi connectivity index (χ4v) is 4.35. The number of piperidine rings is 1. The van der Waals surface area contributed by atoms with E-state index in [1.807, 2.05) is 12.1 Å². The van der Waals surface area contributed by atoms with Gasteiger partial charge in [0.1, 0.15) is 11.6 Å². The van der Waals surface area contributed by atoms with E-state index >= 15 is 0 Å². The molecule has 0 saturated carbocycles. The van der Waals surface area contributed by atoms with Gasteiger partial charge in [0, 0.05) is 24.4 Å². The predicted octanol–water partition coefficient (Wildman–Crippen LogP) is 3.73. The maximum absolute atomic E-state index is 13.1. The molecular formula is C22H25FN4O3S. The molecule has 3 aromatic rings. The topological polar surface area (TPSA) is 84.4 Å². The van der Waals surface area contributed by atoms with Crippen LogP contribution in [0.15, 0.2) is 51.6 Å². The van der Waals surface area contributed by atoms with Gasteiger partial charge >= 0.3 is 0 Å². The second-order valence-corrected chi connectivity index (χ2v) is 8.62. The Bertz CT molecular complexity index is 962. The second kappa shape index (κ2) is 10.6. The fraction of sp³-hybridized carbons (Fsp3) is 0.409. The molecule has 0 bridgehead atoms. The summed E-state index contributed by atoms with van der Waals surface area (Å²) in [6.45, 7) is 2.69. The minimum atomic E-state index is -0.304. The monoisotopic (exact) mass is 444 g/mol. The number of hydrogen-bond acceptors (Lipinski definition) is 7. The number of amides is 1. The third-order valence-electron chi connectivity index (χ3n) is 5.18. The van der Waals surface area contributed by atoms with E-state index in [-0.39, 0.29) is 17.6 Å². The third kappa shape index (κ3) is 6.18. The van der Waals surface area contributed by atoms with Gasteiger partial charge in [-0.15, -0.1) is 0 Å². The quantitative estimate of drug-likeness (QED) is 0.504. The maximum Gasteiger partial charge on any atom is 0.241 e. The Morgan fingerprint density at radius 1 is 1.29 bits per heavy atom. The number of benzene rings is 1. The molecule has 1 fully saturated rings. The lowest BCUT2D eigenvalue weighted by molar-refractivity contribution is -0.126. The van der Waals surface area contributed by atoms with Crippen molar-refractivity contribution in [1.82, 2.24) is 20.4 Å². The number of nitrogens with one attached hydrogen (secondary N) is 1. The van der Waals surface area contributed by atoms with Crippen LogP contribution in [0.25, 0.3) is 11.4 Å². The van der Waals surface area contributed by atoms with Crippen LogP contribution >= 0.6 is 11.8 Å². The van der Waals surface area contributed by atoms with Gasteiger partial charge in [-0.25, -0.2) is 4.39 Å². The molecule has 1 aromatic carbocycles. The van der Waals surface area contributed by atoms with Crippen LogP contribution in [0.2, 0.25) is 0 Å². The number of furan rings is 1. The highest BCUT2D eigenvalue weighted by Gasteiger charge is 2.26. The molecule has 1 atom stereocenters. The van der Waals surface area contributed by atoms with E-state index in [2.05, 4.69) is 20.4 Å². The van der Waals surface area contributed by atoms with Crippen molar-refractivity contribution >= 4 is 17.7 Å². The van der Waals surface area contributed by atoms with E-state index in [9.17, 15) is 9.18 Å². The Kier molecular flexibility index (Phi) is 7.37. The highest BCUT2D eigenvalue weighted by atomic mass is 32.2. The van der Waals surface area contributed by atoms with Crippen LogP contribution in [0.1, 0.15) is 24.5 Å². The number of aromatic nitrogens is 2. The van der Waals surface area contributed by atoms with Gasteiger partial charge < -0.3 is 14.3 Å². The SMILES string of the molecule is O=C(NCCSCc1ccco1)C1CCCN(Cc2nc(-c3ccc(F)cc3)no2)C1. The summed E-state index contributed by atoms with van der Waals surface area (Å²) in [4.78, 5) is 19.1. The molecule has 1 aliphatic heterocycles. The van der Waals surface area contributed by atoms with Crippen molar-refractivity contribution in [3.63, 3.8) is 0 Å². The van der Waals surface area contributed by atoms with E-state index in [1.54, 1.807) is 30.2 Å². The number of nitrogens with zero attached hydrogens (tertiary/aromatic N) is 3. The first-order valence-corrected chi connectivity index (χ1v) is 11.5. The summed E-state index contributed by atoms with van der Waals surface area (Å²) in [5.41, 5.74) is 0.706. The summed E-state index contributed by atoms with van der Waals surface area (Å²) in [5.74, 6) is 3.29. The molecule has 4 rings (SSSR count). The van der Waals surface area contributed by atoms with Gasteiger partial charge in [0.2, 0.25) is 17.6 Å². The normalized spacial score (nSPS) is 17.0. The second-order valence-electron chi connectivity index (χ2n) is 7.52. The molecule has 3 heterocycles. The zero-order valence-corrected chi connectivity index (χ0v) is 17.9. The van der Waals surface area contributed by atoms with Crippen molar-refractivity contribution in [3.05, 3.63) is 60.1 Å². The van der Waals surface area contributed by atoms with E-state index in [4.69, 9.17) is 8.94 Å². The highest BCUT2D eigenvalue weighted by Crippen LogP contribution is 2.21. The minimum absolute atomic E-state index is 0.0386. The van der Waals surface area contributed by atoms with Crippen molar-refractivity contribution in [3.8, 4) is 11.4 Å². The number of likely N-dealkylation sites (tertiary alicyclic amines) is 1. The Hall–Kier alpha value is -2.65. The van der Waals surface area contributed by atoms with Gasteiger partial charge in [0.25, 0.3) is 0 Å². The zero-order valence-electron chi connectivity index (χ0n) is 17.1. The molecule has 9 heteroatoms. The maximum atomic E-state index is 13.1. The van der Waals surface area contributed by atoms with Crippen LogP contribution in [-0.2, 0) is 17.1 Å². The Morgan fingerprint density at radius 3 is 2.97 bits per heavy atom. The first-order chi connectivity index (χ1) is 15.2. The fourth-order valence-electron chi connectivity index (χ4n) is 3.60. The van der Waals surface area contributed by atoms with E-state index in [0.717, 1.165) is 36.7 Å². The van der Waals surface area contributed by atoms with Gasteiger partial charge in [0.15, 0.2) is 0 Å². The number of thioether (sulfide) groups is 1. The van der Waals surface area contributed by atoms with Crippen molar-refractivity contribution in [2.24, 2.45) is 5.92 Å². The lowest BCUT2D eigenvalue weighted by Gasteiger charge is -2.30. The number of carbonyl (C=O) groups is 1. The van der Waals surface area contributed by atoms with Crippen LogP contribution < -0.4 is 5.32 Å². The van der Waals surface area contributed by atoms with Gasteiger partial charge in [-0.1, -0.05) is 5.16 Å². The molecule has 1 aliphatic rings. The van der Waals surface area contributed by atoms with Crippen molar-refractivity contribution in [2.75, 3.05) is 25.4 Å².